The smallest absolute Gasteiger partial charge is 0.306 e. The van der Waals surface area contributed by atoms with E-state index in [4.69, 9.17) is 9.84 Å². The summed E-state index contributed by atoms with van der Waals surface area (Å²) < 4.78 is 5.06. The van der Waals surface area contributed by atoms with Crippen LogP contribution in [0.4, 0.5) is 5.82 Å². The number of amides is 1. The van der Waals surface area contributed by atoms with Gasteiger partial charge in [0.15, 0.2) is 0 Å². The van der Waals surface area contributed by atoms with Crippen LogP contribution in [-0.2, 0) is 9.59 Å². The van der Waals surface area contributed by atoms with E-state index in [2.05, 4.69) is 10.3 Å². The van der Waals surface area contributed by atoms with Crippen molar-refractivity contribution in [2.75, 3.05) is 12.4 Å². The summed E-state index contributed by atoms with van der Waals surface area (Å²) in [6.07, 6.45) is 4.08. The first-order valence-corrected chi connectivity index (χ1v) is 6.64. The number of hydrogen-bond acceptors (Lipinski definition) is 4. The van der Waals surface area contributed by atoms with E-state index in [9.17, 15) is 9.59 Å². The van der Waals surface area contributed by atoms with E-state index in [0.717, 1.165) is 12.8 Å². The molecule has 0 bridgehead atoms. The zero-order valence-corrected chi connectivity index (χ0v) is 11.3. The highest BCUT2D eigenvalue weighted by atomic mass is 16.5. The lowest BCUT2D eigenvalue weighted by Gasteiger charge is -2.25. The summed E-state index contributed by atoms with van der Waals surface area (Å²) in [5.41, 5.74) is 0. The maximum atomic E-state index is 12.2. The van der Waals surface area contributed by atoms with Gasteiger partial charge >= 0.3 is 5.97 Å². The van der Waals surface area contributed by atoms with E-state index >= 15 is 0 Å². The number of carboxylic acid groups (broad SMARTS) is 1. The third kappa shape index (κ3) is 3.46. The third-order valence-electron chi connectivity index (χ3n) is 3.61. The quantitative estimate of drug-likeness (QED) is 0.878. The Kier molecular flexibility index (Phi) is 4.55. The molecule has 1 aliphatic carbocycles. The molecule has 0 aromatic carbocycles. The summed E-state index contributed by atoms with van der Waals surface area (Å²) in [6.45, 7) is 0. The SMILES string of the molecule is COc1ccnc(NC(=O)C2CCCC(C(=O)O)C2)c1. The number of aromatic nitrogens is 1. The topological polar surface area (TPSA) is 88.5 Å². The maximum Gasteiger partial charge on any atom is 0.306 e. The number of ether oxygens (including phenoxy) is 1. The predicted molar refractivity (Wildman–Crippen MR) is 72.5 cm³/mol. The lowest BCUT2D eigenvalue weighted by molar-refractivity contribution is -0.143. The van der Waals surface area contributed by atoms with E-state index in [-0.39, 0.29) is 11.8 Å². The summed E-state index contributed by atoms with van der Waals surface area (Å²) >= 11 is 0. The van der Waals surface area contributed by atoms with Crippen LogP contribution in [0.3, 0.4) is 0 Å². The summed E-state index contributed by atoms with van der Waals surface area (Å²) in [6, 6.07) is 3.33. The summed E-state index contributed by atoms with van der Waals surface area (Å²) in [5.74, 6) is -0.636. The Bertz CT molecular complexity index is 504. The molecule has 0 saturated heterocycles. The molecule has 0 aliphatic heterocycles. The molecule has 1 aromatic heterocycles. The number of carboxylic acids is 1. The van der Waals surface area contributed by atoms with Gasteiger partial charge in [-0.1, -0.05) is 6.42 Å². The van der Waals surface area contributed by atoms with Crippen LogP contribution in [0, 0.1) is 11.8 Å². The molecular formula is C14H18N2O4. The van der Waals surface area contributed by atoms with Gasteiger partial charge in [0.1, 0.15) is 11.6 Å². The molecule has 2 N–H and O–H groups in total. The van der Waals surface area contributed by atoms with Gasteiger partial charge in [-0.3, -0.25) is 9.59 Å². The molecule has 6 heteroatoms. The Morgan fingerprint density at radius 1 is 1.40 bits per heavy atom. The largest absolute Gasteiger partial charge is 0.497 e. The number of nitrogens with zero attached hydrogens (tertiary/aromatic N) is 1. The lowest BCUT2D eigenvalue weighted by Crippen LogP contribution is -2.31. The second-order valence-corrected chi connectivity index (χ2v) is 4.97. The van der Waals surface area contributed by atoms with Crippen molar-refractivity contribution in [3.8, 4) is 5.75 Å². The monoisotopic (exact) mass is 278 g/mol. The first-order valence-electron chi connectivity index (χ1n) is 6.64. The number of methoxy groups -OCH3 is 1. The van der Waals surface area contributed by atoms with Crippen LogP contribution < -0.4 is 10.1 Å². The number of pyridine rings is 1. The Morgan fingerprint density at radius 3 is 2.85 bits per heavy atom. The number of aliphatic carboxylic acids is 1. The molecule has 1 aliphatic rings. The van der Waals surface area contributed by atoms with Gasteiger partial charge < -0.3 is 15.2 Å². The zero-order valence-electron chi connectivity index (χ0n) is 11.3. The average molecular weight is 278 g/mol. The van der Waals surface area contributed by atoms with Crippen molar-refractivity contribution < 1.29 is 19.4 Å². The molecule has 1 heterocycles. The molecule has 20 heavy (non-hydrogen) atoms. The number of hydrogen-bond donors (Lipinski definition) is 2. The van der Waals surface area contributed by atoms with E-state index in [1.54, 1.807) is 25.4 Å². The highest BCUT2D eigenvalue weighted by Gasteiger charge is 2.31. The molecule has 1 aromatic rings. The van der Waals surface area contributed by atoms with Crippen molar-refractivity contribution in [3.05, 3.63) is 18.3 Å². The number of rotatable bonds is 4. The summed E-state index contributed by atoms with van der Waals surface area (Å²) in [7, 11) is 1.54. The zero-order chi connectivity index (χ0) is 14.5. The minimum absolute atomic E-state index is 0.170. The highest BCUT2D eigenvalue weighted by molar-refractivity contribution is 5.92. The fourth-order valence-corrected chi connectivity index (χ4v) is 2.49. The molecule has 2 rings (SSSR count). The molecule has 108 valence electrons. The van der Waals surface area contributed by atoms with Crippen molar-refractivity contribution in [2.45, 2.75) is 25.7 Å². The Balaban J connectivity index is 1.98. The van der Waals surface area contributed by atoms with Gasteiger partial charge in [-0.05, 0) is 25.3 Å². The number of carbonyl (C=O) groups excluding carboxylic acids is 1. The van der Waals surface area contributed by atoms with Gasteiger partial charge in [0.2, 0.25) is 5.91 Å². The van der Waals surface area contributed by atoms with E-state index in [1.165, 1.54) is 0 Å². The average Bonchev–Trinajstić information content (AvgIpc) is 2.47. The number of carbonyl (C=O) groups is 2. The molecule has 2 atom stereocenters. The van der Waals surface area contributed by atoms with Crippen LogP contribution in [0.2, 0.25) is 0 Å². The number of nitrogens with one attached hydrogen (secondary N) is 1. The van der Waals surface area contributed by atoms with Crippen LogP contribution in [0.25, 0.3) is 0 Å². The molecule has 1 saturated carbocycles. The molecular weight excluding hydrogens is 260 g/mol. The van der Waals surface area contributed by atoms with Crippen molar-refractivity contribution in [2.24, 2.45) is 11.8 Å². The summed E-state index contributed by atoms with van der Waals surface area (Å²) in [5, 5.41) is 11.8. The first-order chi connectivity index (χ1) is 9.60. The second kappa shape index (κ2) is 6.36. The van der Waals surface area contributed by atoms with Crippen LogP contribution in [0.1, 0.15) is 25.7 Å². The van der Waals surface area contributed by atoms with Crippen LogP contribution in [0.5, 0.6) is 5.75 Å². The van der Waals surface area contributed by atoms with Crippen LogP contribution in [0.15, 0.2) is 18.3 Å². The minimum atomic E-state index is -0.818. The standard InChI is InChI=1S/C14H18N2O4/c1-20-11-5-6-15-12(8-11)16-13(17)9-3-2-4-10(7-9)14(18)19/h5-6,8-10H,2-4,7H2,1H3,(H,18,19)(H,15,16,17). The normalized spacial score (nSPS) is 22.1. The third-order valence-corrected chi connectivity index (χ3v) is 3.61. The van der Waals surface area contributed by atoms with Crippen molar-refractivity contribution >= 4 is 17.7 Å². The minimum Gasteiger partial charge on any atom is -0.497 e. The first kappa shape index (κ1) is 14.3. The van der Waals surface area contributed by atoms with E-state index in [1.807, 2.05) is 0 Å². The molecule has 2 unspecified atom stereocenters. The fraction of sp³-hybridized carbons (Fsp3) is 0.500. The summed E-state index contributed by atoms with van der Waals surface area (Å²) in [4.78, 5) is 27.2. The fourth-order valence-electron chi connectivity index (χ4n) is 2.49. The predicted octanol–water partition coefficient (Wildman–Crippen LogP) is 1.92. The van der Waals surface area contributed by atoms with Gasteiger partial charge in [0.05, 0.1) is 13.0 Å². The van der Waals surface area contributed by atoms with Gasteiger partial charge in [-0.25, -0.2) is 4.98 Å². The van der Waals surface area contributed by atoms with Gasteiger partial charge in [0, 0.05) is 18.2 Å². The Labute approximate surface area is 117 Å². The highest BCUT2D eigenvalue weighted by Crippen LogP contribution is 2.30. The van der Waals surface area contributed by atoms with E-state index < -0.39 is 11.9 Å². The number of anilines is 1. The van der Waals surface area contributed by atoms with Gasteiger partial charge in [-0.2, -0.15) is 0 Å². The van der Waals surface area contributed by atoms with Crippen LogP contribution >= 0.6 is 0 Å². The Morgan fingerprint density at radius 2 is 2.15 bits per heavy atom. The maximum absolute atomic E-state index is 12.2. The molecule has 1 fully saturated rings. The van der Waals surface area contributed by atoms with Crippen molar-refractivity contribution in [1.82, 2.24) is 4.98 Å². The molecule has 0 radical (unpaired) electrons. The molecule has 1 amide bonds. The van der Waals surface area contributed by atoms with Gasteiger partial charge in [-0.15, -0.1) is 0 Å². The van der Waals surface area contributed by atoms with Crippen molar-refractivity contribution in [3.63, 3.8) is 0 Å². The van der Waals surface area contributed by atoms with Crippen molar-refractivity contribution in [1.29, 1.82) is 0 Å². The Hall–Kier alpha value is -2.11. The second-order valence-electron chi connectivity index (χ2n) is 4.97. The van der Waals surface area contributed by atoms with E-state index in [0.29, 0.717) is 24.4 Å². The van der Waals surface area contributed by atoms with Gasteiger partial charge in [0.25, 0.3) is 0 Å². The van der Waals surface area contributed by atoms with Crippen LogP contribution in [-0.4, -0.2) is 29.1 Å². The molecule has 0 spiro atoms. The molecule has 6 nitrogen and oxygen atoms in total. The lowest BCUT2D eigenvalue weighted by atomic mass is 9.81.